The number of carbonyl (C=O) groups excluding carboxylic acids is 2. The van der Waals surface area contributed by atoms with E-state index in [1.807, 2.05) is 36.4 Å². The van der Waals surface area contributed by atoms with Crippen molar-refractivity contribution in [3.05, 3.63) is 91.5 Å². The Bertz CT molecular complexity index is 633. The third kappa shape index (κ3) is 8.02. The second kappa shape index (κ2) is 10.6. The van der Waals surface area contributed by atoms with E-state index in [4.69, 9.17) is 9.47 Å². The van der Waals surface area contributed by atoms with Gasteiger partial charge >= 0.3 is 11.9 Å². The van der Waals surface area contributed by atoms with Crippen LogP contribution < -0.4 is 4.74 Å². The van der Waals surface area contributed by atoms with Gasteiger partial charge < -0.3 is 9.47 Å². The minimum Gasteiger partial charge on any atom is -0.458 e. The molecule has 2 aromatic rings. The van der Waals surface area contributed by atoms with E-state index in [-0.39, 0.29) is 5.97 Å². The van der Waals surface area contributed by atoms with Crippen LogP contribution in [-0.2, 0) is 20.9 Å². The fourth-order valence-corrected chi connectivity index (χ4v) is 1.43. The Morgan fingerprint density at radius 2 is 1.35 bits per heavy atom. The molecule has 4 heteroatoms. The van der Waals surface area contributed by atoms with Crippen LogP contribution in [0.3, 0.4) is 0 Å². The van der Waals surface area contributed by atoms with Crippen LogP contribution in [0.15, 0.2) is 86.0 Å². The zero-order valence-corrected chi connectivity index (χ0v) is 12.7. The van der Waals surface area contributed by atoms with E-state index < -0.39 is 5.97 Å². The molecule has 0 fully saturated rings. The minimum atomic E-state index is -0.434. The summed E-state index contributed by atoms with van der Waals surface area (Å²) in [4.78, 5) is 21.3. The molecule has 0 spiro atoms. The van der Waals surface area contributed by atoms with Crippen molar-refractivity contribution in [1.29, 1.82) is 0 Å². The third-order valence-corrected chi connectivity index (χ3v) is 2.52. The Labute approximate surface area is 135 Å². The molecular formula is C19H18O4. The highest BCUT2D eigenvalue weighted by Crippen LogP contribution is 2.08. The Morgan fingerprint density at radius 3 is 1.87 bits per heavy atom. The van der Waals surface area contributed by atoms with E-state index in [0.29, 0.717) is 12.4 Å². The van der Waals surface area contributed by atoms with Gasteiger partial charge in [0.15, 0.2) is 0 Å². The van der Waals surface area contributed by atoms with Crippen LogP contribution in [0.4, 0.5) is 0 Å². The lowest BCUT2D eigenvalue weighted by Gasteiger charge is -2.00. The Morgan fingerprint density at radius 1 is 0.826 bits per heavy atom. The summed E-state index contributed by atoms with van der Waals surface area (Å²) in [5.74, 6) is -0.285. The molecule has 0 aliphatic carbocycles. The number of esters is 2. The first kappa shape index (κ1) is 17.9. The Balaban J connectivity index is 0.000000231. The van der Waals surface area contributed by atoms with Gasteiger partial charge in [-0.3, -0.25) is 0 Å². The van der Waals surface area contributed by atoms with Gasteiger partial charge in [-0.25, -0.2) is 9.59 Å². The van der Waals surface area contributed by atoms with Crippen LogP contribution in [0.1, 0.15) is 5.56 Å². The van der Waals surface area contributed by atoms with Crippen molar-refractivity contribution in [2.24, 2.45) is 0 Å². The normalized spacial score (nSPS) is 8.87. The molecule has 0 saturated heterocycles. The number of ether oxygens (including phenoxy) is 2. The SMILES string of the molecule is C=CC(=O)OCc1ccccc1.C=CC(=O)Oc1ccccc1. The third-order valence-electron chi connectivity index (χ3n) is 2.52. The molecule has 23 heavy (non-hydrogen) atoms. The summed E-state index contributed by atoms with van der Waals surface area (Å²) < 4.78 is 9.63. The monoisotopic (exact) mass is 310 g/mol. The molecule has 0 aliphatic heterocycles. The first-order valence-corrected chi connectivity index (χ1v) is 6.88. The smallest absolute Gasteiger partial charge is 0.335 e. The van der Waals surface area contributed by atoms with Gasteiger partial charge in [-0.15, -0.1) is 0 Å². The highest BCUT2D eigenvalue weighted by Gasteiger charge is 1.96. The van der Waals surface area contributed by atoms with E-state index in [0.717, 1.165) is 17.7 Å². The molecule has 4 nitrogen and oxygen atoms in total. The molecule has 2 aromatic carbocycles. The highest BCUT2D eigenvalue weighted by molar-refractivity contribution is 5.83. The van der Waals surface area contributed by atoms with Gasteiger partial charge in [0.1, 0.15) is 12.4 Å². The summed E-state index contributed by atoms with van der Waals surface area (Å²) in [7, 11) is 0. The number of carbonyl (C=O) groups is 2. The van der Waals surface area contributed by atoms with E-state index >= 15 is 0 Å². The summed E-state index contributed by atoms with van der Waals surface area (Å²) in [6.07, 6.45) is 2.29. The molecule has 118 valence electrons. The fourth-order valence-electron chi connectivity index (χ4n) is 1.43. The van der Waals surface area contributed by atoms with Crippen LogP contribution in [0, 0.1) is 0 Å². The topological polar surface area (TPSA) is 52.6 Å². The first-order chi connectivity index (χ1) is 11.2. The maximum Gasteiger partial charge on any atom is 0.335 e. The average molecular weight is 310 g/mol. The van der Waals surface area contributed by atoms with E-state index in [9.17, 15) is 9.59 Å². The van der Waals surface area contributed by atoms with Crippen molar-refractivity contribution in [1.82, 2.24) is 0 Å². The van der Waals surface area contributed by atoms with Crippen molar-refractivity contribution in [3.63, 3.8) is 0 Å². The van der Waals surface area contributed by atoms with Gasteiger partial charge in [0.2, 0.25) is 0 Å². The molecule has 0 atom stereocenters. The quantitative estimate of drug-likeness (QED) is 0.480. The van der Waals surface area contributed by atoms with E-state index in [1.165, 1.54) is 0 Å². The predicted molar refractivity (Wildman–Crippen MR) is 88.7 cm³/mol. The maximum atomic E-state index is 10.6. The fraction of sp³-hybridized carbons (Fsp3) is 0.0526. The van der Waals surface area contributed by atoms with Gasteiger partial charge in [-0.2, -0.15) is 0 Å². The van der Waals surface area contributed by atoms with Crippen LogP contribution in [0.5, 0.6) is 5.75 Å². The summed E-state index contributed by atoms with van der Waals surface area (Å²) in [5.41, 5.74) is 0.979. The lowest BCUT2D eigenvalue weighted by Crippen LogP contribution is -2.02. The average Bonchev–Trinajstić information content (AvgIpc) is 2.62. The van der Waals surface area contributed by atoms with Gasteiger partial charge in [-0.05, 0) is 17.7 Å². The molecule has 0 saturated carbocycles. The van der Waals surface area contributed by atoms with Crippen LogP contribution >= 0.6 is 0 Å². The largest absolute Gasteiger partial charge is 0.458 e. The van der Waals surface area contributed by atoms with Crippen molar-refractivity contribution < 1.29 is 19.1 Å². The predicted octanol–water partition coefficient (Wildman–Crippen LogP) is 3.69. The van der Waals surface area contributed by atoms with Crippen LogP contribution in [0.2, 0.25) is 0 Å². The Hall–Kier alpha value is -3.14. The molecule has 0 amide bonds. The van der Waals surface area contributed by atoms with Crippen LogP contribution in [0.25, 0.3) is 0 Å². The lowest BCUT2D eigenvalue weighted by atomic mass is 10.2. The molecular weight excluding hydrogens is 292 g/mol. The van der Waals surface area contributed by atoms with Crippen molar-refractivity contribution in [2.75, 3.05) is 0 Å². The zero-order chi connectivity index (χ0) is 16.9. The highest BCUT2D eigenvalue weighted by atomic mass is 16.5. The molecule has 0 N–H and O–H groups in total. The van der Waals surface area contributed by atoms with Gasteiger partial charge in [0.05, 0.1) is 0 Å². The second-order valence-electron chi connectivity index (χ2n) is 4.24. The second-order valence-corrected chi connectivity index (χ2v) is 4.24. The summed E-state index contributed by atoms with van der Waals surface area (Å²) >= 11 is 0. The molecule has 0 radical (unpaired) electrons. The number of rotatable bonds is 5. The van der Waals surface area contributed by atoms with Crippen molar-refractivity contribution in [2.45, 2.75) is 6.61 Å². The van der Waals surface area contributed by atoms with Crippen LogP contribution in [-0.4, -0.2) is 11.9 Å². The molecule has 0 aliphatic rings. The molecule has 0 heterocycles. The number of para-hydroxylation sites is 1. The maximum absolute atomic E-state index is 10.6. The summed E-state index contributed by atoms with van der Waals surface area (Å²) in [6.45, 7) is 6.89. The number of hydrogen-bond acceptors (Lipinski definition) is 4. The number of benzene rings is 2. The van der Waals surface area contributed by atoms with E-state index in [2.05, 4.69) is 13.2 Å². The van der Waals surface area contributed by atoms with E-state index in [1.54, 1.807) is 24.3 Å². The summed E-state index contributed by atoms with van der Waals surface area (Å²) in [6, 6.07) is 18.4. The lowest BCUT2D eigenvalue weighted by molar-refractivity contribution is -0.139. The molecule has 2 rings (SSSR count). The number of hydrogen-bond donors (Lipinski definition) is 0. The van der Waals surface area contributed by atoms with Gasteiger partial charge in [0, 0.05) is 12.2 Å². The Kier molecular flexibility index (Phi) is 8.23. The minimum absolute atomic E-state index is 0.311. The summed E-state index contributed by atoms with van der Waals surface area (Å²) in [5, 5.41) is 0. The van der Waals surface area contributed by atoms with Gasteiger partial charge in [0.25, 0.3) is 0 Å². The van der Waals surface area contributed by atoms with Crippen molar-refractivity contribution >= 4 is 11.9 Å². The first-order valence-electron chi connectivity index (χ1n) is 6.88. The van der Waals surface area contributed by atoms with Crippen molar-refractivity contribution in [3.8, 4) is 5.75 Å². The zero-order valence-electron chi connectivity index (χ0n) is 12.7. The van der Waals surface area contributed by atoms with Gasteiger partial charge in [-0.1, -0.05) is 61.7 Å². The molecule has 0 bridgehead atoms. The molecule has 0 unspecified atom stereocenters. The molecule has 0 aromatic heterocycles. The standard InChI is InChI=1S/C10H10O2.C9H8O2/c1-2-10(11)12-8-9-6-4-3-5-7-9;1-2-9(10)11-8-6-4-3-5-7-8/h2-7H,1,8H2;2-7H,1H2.